The van der Waals surface area contributed by atoms with E-state index in [0.29, 0.717) is 0 Å². The maximum atomic E-state index is 3.55. The Morgan fingerprint density at radius 3 is 2.88 bits per heavy atom. The van der Waals surface area contributed by atoms with E-state index < -0.39 is 0 Å². The summed E-state index contributed by atoms with van der Waals surface area (Å²) in [5, 5.41) is 4.92. The molecule has 2 N–H and O–H groups in total. The fourth-order valence-electron chi connectivity index (χ4n) is 2.17. The van der Waals surface area contributed by atoms with Crippen LogP contribution in [0.5, 0.6) is 0 Å². The molecule has 1 aliphatic carbocycles. The van der Waals surface area contributed by atoms with E-state index in [9.17, 15) is 0 Å². The van der Waals surface area contributed by atoms with Gasteiger partial charge in [0.25, 0.3) is 0 Å². The molecule has 0 spiro atoms. The van der Waals surface area contributed by atoms with Crippen LogP contribution in [0, 0.1) is 13.8 Å². The molecular formula is C14H18N2. The SMILES string of the molecule is Cc1[nH]c2ccc(CNC3CC3)cc2c1C. The van der Waals surface area contributed by atoms with Crippen LogP contribution in [0.15, 0.2) is 18.2 Å². The van der Waals surface area contributed by atoms with Crippen molar-refractivity contribution < 1.29 is 0 Å². The van der Waals surface area contributed by atoms with Gasteiger partial charge in [-0.1, -0.05) is 6.07 Å². The molecular weight excluding hydrogens is 196 g/mol. The van der Waals surface area contributed by atoms with Gasteiger partial charge in [0, 0.05) is 29.2 Å². The molecule has 0 saturated heterocycles. The zero-order valence-electron chi connectivity index (χ0n) is 9.93. The van der Waals surface area contributed by atoms with Crippen molar-refractivity contribution in [1.82, 2.24) is 10.3 Å². The van der Waals surface area contributed by atoms with Crippen molar-refractivity contribution in [2.24, 2.45) is 0 Å². The first-order valence-electron chi connectivity index (χ1n) is 6.05. The van der Waals surface area contributed by atoms with Gasteiger partial charge >= 0.3 is 0 Å². The van der Waals surface area contributed by atoms with Crippen molar-refractivity contribution >= 4 is 10.9 Å². The van der Waals surface area contributed by atoms with E-state index in [4.69, 9.17) is 0 Å². The van der Waals surface area contributed by atoms with Crippen LogP contribution in [-0.4, -0.2) is 11.0 Å². The Labute approximate surface area is 96.1 Å². The number of hydrogen-bond acceptors (Lipinski definition) is 1. The second-order valence-electron chi connectivity index (χ2n) is 4.91. The fourth-order valence-corrected chi connectivity index (χ4v) is 2.17. The summed E-state index contributed by atoms with van der Waals surface area (Å²) in [6.45, 7) is 5.33. The predicted octanol–water partition coefficient (Wildman–Crippen LogP) is 3.04. The summed E-state index contributed by atoms with van der Waals surface area (Å²) < 4.78 is 0. The van der Waals surface area contributed by atoms with Gasteiger partial charge < -0.3 is 10.3 Å². The van der Waals surface area contributed by atoms with Gasteiger partial charge in [-0.25, -0.2) is 0 Å². The molecule has 0 aliphatic heterocycles. The lowest BCUT2D eigenvalue weighted by Crippen LogP contribution is -2.15. The van der Waals surface area contributed by atoms with Crippen LogP contribution in [0.3, 0.4) is 0 Å². The summed E-state index contributed by atoms with van der Waals surface area (Å²) in [5.41, 5.74) is 5.30. The van der Waals surface area contributed by atoms with Gasteiger partial charge in [-0.15, -0.1) is 0 Å². The minimum Gasteiger partial charge on any atom is -0.358 e. The number of aromatic amines is 1. The molecule has 2 aromatic rings. The van der Waals surface area contributed by atoms with Gasteiger partial charge in [0.1, 0.15) is 0 Å². The maximum Gasteiger partial charge on any atom is 0.0458 e. The minimum absolute atomic E-state index is 0.782. The monoisotopic (exact) mass is 214 g/mol. The third-order valence-electron chi connectivity index (χ3n) is 3.54. The first-order valence-corrected chi connectivity index (χ1v) is 6.05. The number of aryl methyl sites for hydroxylation is 2. The number of fused-ring (bicyclic) bond motifs is 1. The van der Waals surface area contributed by atoms with E-state index in [1.54, 1.807) is 0 Å². The molecule has 2 nitrogen and oxygen atoms in total. The Bertz CT molecular complexity index is 521. The highest BCUT2D eigenvalue weighted by molar-refractivity contribution is 5.84. The van der Waals surface area contributed by atoms with Crippen LogP contribution in [0.4, 0.5) is 0 Å². The number of aromatic nitrogens is 1. The average Bonchev–Trinajstić information content (AvgIpc) is 3.06. The molecule has 1 heterocycles. The second-order valence-corrected chi connectivity index (χ2v) is 4.91. The minimum atomic E-state index is 0.782. The summed E-state index contributed by atoms with van der Waals surface area (Å²) in [5.74, 6) is 0. The van der Waals surface area contributed by atoms with Gasteiger partial charge in [0.15, 0.2) is 0 Å². The van der Waals surface area contributed by atoms with E-state index in [-0.39, 0.29) is 0 Å². The molecule has 1 aromatic carbocycles. The first-order chi connectivity index (χ1) is 7.74. The van der Waals surface area contributed by atoms with E-state index >= 15 is 0 Å². The zero-order valence-corrected chi connectivity index (χ0v) is 9.93. The quantitative estimate of drug-likeness (QED) is 0.807. The van der Waals surface area contributed by atoms with Crippen molar-refractivity contribution in [3.63, 3.8) is 0 Å². The smallest absolute Gasteiger partial charge is 0.0458 e. The molecule has 1 fully saturated rings. The molecule has 1 aliphatic rings. The van der Waals surface area contributed by atoms with E-state index in [1.807, 2.05) is 0 Å². The van der Waals surface area contributed by atoms with Crippen LogP contribution in [0.1, 0.15) is 29.7 Å². The molecule has 2 heteroatoms. The molecule has 1 saturated carbocycles. The Kier molecular flexibility index (Phi) is 2.25. The van der Waals surface area contributed by atoms with Gasteiger partial charge in [-0.05, 0) is 49.9 Å². The lowest BCUT2D eigenvalue weighted by molar-refractivity contribution is 0.688. The van der Waals surface area contributed by atoms with Crippen molar-refractivity contribution in [3.8, 4) is 0 Å². The van der Waals surface area contributed by atoms with Crippen LogP contribution in [0.25, 0.3) is 10.9 Å². The van der Waals surface area contributed by atoms with E-state index in [1.165, 1.54) is 40.6 Å². The van der Waals surface area contributed by atoms with Crippen molar-refractivity contribution in [1.29, 1.82) is 0 Å². The highest BCUT2D eigenvalue weighted by Crippen LogP contribution is 2.23. The van der Waals surface area contributed by atoms with Gasteiger partial charge in [-0.3, -0.25) is 0 Å². The summed E-state index contributed by atoms with van der Waals surface area (Å²) in [4.78, 5) is 3.41. The Hall–Kier alpha value is -1.28. The van der Waals surface area contributed by atoms with Crippen molar-refractivity contribution in [2.45, 2.75) is 39.3 Å². The van der Waals surface area contributed by atoms with Crippen LogP contribution in [0.2, 0.25) is 0 Å². The third-order valence-corrected chi connectivity index (χ3v) is 3.54. The average molecular weight is 214 g/mol. The molecule has 0 radical (unpaired) electrons. The number of H-pyrrole nitrogens is 1. The number of nitrogens with one attached hydrogen (secondary N) is 2. The molecule has 0 bridgehead atoms. The molecule has 3 rings (SSSR count). The number of rotatable bonds is 3. The molecule has 0 atom stereocenters. The molecule has 84 valence electrons. The second kappa shape index (κ2) is 3.63. The standard InChI is InChI=1S/C14H18N2/c1-9-10(2)16-14-6-3-11(7-13(9)14)8-15-12-4-5-12/h3,6-7,12,15-16H,4-5,8H2,1-2H3. The molecule has 1 aromatic heterocycles. The Balaban J connectivity index is 1.90. The van der Waals surface area contributed by atoms with Crippen LogP contribution in [-0.2, 0) is 6.54 Å². The molecule has 0 amide bonds. The summed E-state index contributed by atoms with van der Waals surface area (Å²) in [7, 11) is 0. The van der Waals surface area contributed by atoms with Gasteiger partial charge in [0.2, 0.25) is 0 Å². The van der Waals surface area contributed by atoms with Crippen molar-refractivity contribution in [3.05, 3.63) is 35.0 Å². The third kappa shape index (κ3) is 1.74. The summed E-state index contributed by atoms with van der Waals surface area (Å²) in [6, 6.07) is 7.50. The zero-order chi connectivity index (χ0) is 11.1. The van der Waals surface area contributed by atoms with Crippen LogP contribution < -0.4 is 5.32 Å². The first kappa shape index (κ1) is 9.91. The Morgan fingerprint density at radius 2 is 2.12 bits per heavy atom. The van der Waals surface area contributed by atoms with Gasteiger partial charge in [0.05, 0.1) is 0 Å². The fraction of sp³-hybridized carbons (Fsp3) is 0.429. The number of hydrogen-bond donors (Lipinski definition) is 2. The lowest BCUT2D eigenvalue weighted by atomic mass is 10.1. The number of benzene rings is 1. The highest BCUT2D eigenvalue weighted by atomic mass is 14.9. The summed E-state index contributed by atoms with van der Waals surface area (Å²) >= 11 is 0. The topological polar surface area (TPSA) is 27.8 Å². The maximum absolute atomic E-state index is 3.55. The van der Waals surface area contributed by atoms with E-state index in [0.717, 1.165) is 12.6 Å². The summed E-state index contributed by atoms with van der Waals surface area (Å²) in [6.07, 6.45) is 2.70. The van der Waals surface area contributed by atoms with E-state index in [2.05, 4.69) is 42.3 Å². The van der Waals surface area contributed by atoms with Gasteiger partial charge in [-0.2, -0.15) is 0 Å². The largest absolute Gasteiger partial charge is 0.358 e. The van der Waals surface area contributed by atoms with Crippen molar-refractivity contribution in [2.75, 3.05) is 0 Å². The normalized spacial score (nSPS) is 15.9. The van der Waals surface area contributed by atoms with Crippen LogP contribution >= 0.6 is 0 Å². The lowest BCUT2D eigenvalue weighted by Gasteiger charge is -2.03. The molecule has 0 unspecified atom stereocenters. The predicted molar refractivity (Wildman–Crippen MR) is 67.6 cm³/mol. The Morgan fingerprint density at radius 1 is 1.31 bits per heavy atom. The highest BCUT2D eigenvalue weighted by Gasteiger charge is 2.19. The molecule has 16 heavy (non-hydrogen) atoms.